The molecule has 0 radical (unpaired) electrons. The van der Waals surface area contributed by atoms with Gasteiger partial charge in [0, 0.05) is 13.1 Å². The van der Waals surface area contributed by atoms with Gasteiger partial charge in [0.05, 0.1) is 33.9 Å². The van der Waals surface area contributed by atoms with Crippen LogP contribution >= 0.6 is 34.4 Å². The van der Waals surface area contributed by atoms with E-state index >= 15 is 0 Å². The first-order valence-corrected chi connectivity index (χ1v) is 13.7. The van der Waals surface area contributed by atoms with Gasteiger partial charge in [0.2, 0.25) is 5.91 Å². The zero-order chi connectivity index (χ0) is 27.2. The molecule has 1 N–H and O–H groups in total. The van der Waals surface area contributed by atoms with Gasteiger partial charge in [-0.3, -0.25) is 19.3 Å². The van der Waals surface area contributed by atoms with Crippen molar-refractivity contribution in [3.8, 4) is 11.5 Å². The second-order valence-corrected chi connectivity index (χ2v) is 10.5. The molecule has 38 heavy (non-hydrogen) atoms. The van der Waals surface area contributed by atoms with Crippen molar-refractivity contribution in [1.82, 2.24) is 9.80 Å². The number of nitrogens with zero attached hydrogens (tertiary/aromatic N) is 2. The zero-order valence-corrected chi connectivity index (χ0v) is 23.5. The number of aromatic carboxylic acids is 1. The van der Waals surface area contributed by atoms with Crippen molar-refractivity contribution in [2.75, 3.05) is 39.5 Å². The second kappa shape index (κ2) is 12.6. The molecule has 0 atom stereocenters. The predicted octanol–water partition coefficient (Wildman–Crippen LogP) is 3.86. The lowest BCUT2D eigenvalue weighted by Crippen LogP contribution is -2.46. The third-order valence-electron chi connectivity index (χ3n) is 5.72. The quantitative estimate of drug-likeness (QED) is 0.318. The molecule has 2 aromatic carbocycles. The van der Waals surface area contributed by atoms with Crippen LogP contribution in [0.3, 0.4) is 0 Å². The molecule has 200 valence electrons. The maximum absolute atomic E-state index is 13.0. The molecule has 4 rings (SSSR count). The Kier molecular flexibility index (Phi) is 9.28. The predicted molar refractivity (Wildman–Crippen MR) is 148 cm³/mol. The van der Waals surface area contributed by atoms with Gasteiger partial charge in [-0.05, 0) is 82.7 Å². The molecule has 3 amide bonds. The van der Waals surface area contributed by atoms with E-state index in [1.54, 1.807) is 41.3 Å². The van der Waals surface area contributed by atoms with Crippen LogP contribution in [0.2, 0.25) is 0 Å². The SMILES string of the molecule is CCOc1cc(/C=C2/SC(=O)N(CC(=O)N3CCOCC3)C2=O)cc(I)c1OCc1cccc(C(=O)O)c1. The number of benzene rings is 2. The Balaban J connectivity index is 1.50. The molecule has 0 unspecified atom stereocenters. The van der Waals surface area contributed by atoms with Crippen molar-refractivity contribution in [3.05, 3.63) is 61.6 Å². The molecule has 2 aliphatic rings. The fraction of sp³-hybridized carbons (Fsp3) is 0.308. The van der Waals surface area contributed by atoms with Gasteiger partial charge in [0.25, 0.3) is 11.1 Å². The first-order chi connectivity index (χ1) is 18.3. The zero-order valence-electron chi connectivity index (χ0n) is 20.5. The third kappa shape index (κ3) is 6.66. The highest BCUT2D eigenvalue weighted by Crippen LogP contribution is 2.38. The monoisotopic (exact) mass is 652 g/mol. The van der Waals surface area contributed by atoms with Gasteiger partial charge < -0.3 is 24.2 Å². The summed E-state index contributed by atoms with van der Waals surface area (Å²) in [5.41, 5.74) is 1.48. The number of carbonyl (C=O) groups excluding carboxylic acids is 3. The van der Waals surface area contributed by atoms with Crippen LogP contribution in [0.4, 0.5) is 4.79 Å². The highest BCUT2D eigenvalue weighted by molar-refractivity contribution is 14.1. The summed E-state index contributed by atoms with van der Waals surface area (Å²) < 4.78 is 17.7. The van der Waals surface area contributed by atoms with Gasteiger partial charge in [-0.15, -0.1) is 0 Å². The van der Waals surface area contributed by atoms with Crippen molar-refractivity contribution in [2.24, 2.45) is 0 Å². The van der Waals surface area contributed by atoms with Crippen LogP contribution in [0.25, 0.3) is 6.08 Å². The molecule has 0 aliphatic carbocycles. The Morgan fingerprint density at radius 3 is 2.63 bits per heavy atom. The number of rotatable bonds is 9. The van der Waals surface area contributed by atoms with E-state index < -0.39 is 17.1 Å². The van der Waals surface area contributed by atoms with Gasteiger partial charge in [0.15, 0.2) is 11.5 Å². The fourth-order valence-corrected chi connectivity index (χ4v) is 5.48. The topological polar surface area (TPSA) is 123 Å². The maximum atomic E-state index is 13.0. The van der Waals surface area contributed by atoms with Crippen LogP contribution in [0.15, 0.2) is 41.3 Å². The van der Waals surface area contributed by atoms with E-state index in [1.807, 2.05) is 6.92 Å². The van der Waals surface area contributed by atoms with E-state index in [2.05, 4.69) is 22.6 Å². The van der Waals surface area contributed by atoms with E-state index in [0.29, 0.717) is 59.1 Å². The minimum Gasteiger partial charge on any atom is -0.490 e. The number of carboxylic acid groups (broad SMARTS) is 1. The maximum Gasteiger partial charge on any atom is 0.335 e. The van der Waals surface area contributed by atoms with Crippen LogP contribution in [0.1, 0.15) is 28.4 Å². The summed E-state index contributed by atoms with van der Waals surface area (Å²) in [7, 11) is 0. The van der Waals surface area contributed by atoms with Gasteiger partial charge in [-0.25, -0.2) is 4.79 Å². The van der Waals surface area contributed by atoms with Crippen LogP contribution in [-0.2, 0) is 20.9 Å². The average Bonchev–Trinajstić information content (AvgIpc) is 3.16. The highest BCUT2D eigenvalue weighted by atomic mass is 127. The summed E-state index contributed by atoms with van der Waals surface area (Å²) in [6.45, 7) is 3.75. The van der Waals surface area contributed by atoms with Crippen molar-refractivity contribution in [3.63, 3.8) is 0 Å². The van der Waals surface area contributed by atoms with Crippen LogP contribution in [0, 0.1) is 3.57 Å². The first-order valence-electron chi connectivity index (χ1n) is 11.8. The Bertz CT molecular complexity index is 1290. The summed E-state index contributed by atoms with van der Waals surface area (Å²) in [4.78, 5) is 52.1. The molecule has 0 spiro atoms. The van der Waals surface area contributed by atoms with Crippen LogP contribution in [-0.4, -0.2) is 77.4 Å². The van der Waals surface area contributed by atoms with E-state index in [-0.39, 0.29) is 29.5 Å². The molecule has 10 nitrogen and oxygen atoms in total. The molecule has 0 aromatic heterocycles. The lowest BCUT2D eigenvalue weighted by Gasteiger charge is -2.28. The number of hydrogen-bond donors (Lipinski definition) is 1. The normalized spacial score (nSPS) is 16.7. The number of amides is 3. The van der Waals surface area contributed by atoms with Gasteiger partial charge in [-0.2, -0.15) is 0 Å². The minimum absolute atomic E-state index is 0.132. The Labute approximate surface area is 237 Å². The molecule has 12 heteroatoms. The Hall–Kier alpha value is -3.10. The number of halogens is 1. The van der Waals surface area contributed by atoms with E-state index in [0.717, 1.165) is 16.7 Å². The van der Waals surface area contributed by atoms with Gasteiger partial charge >= 0.3 is 5.97 Å². The Morgan fingerprint density at radius 1 is 1.16 bits per heavy atom. The molecule has 2 aromatic rings. The molecule has 2 fully saturated rings. The number of thioether (sulfide) groups is 1. The number of carboxylic acids is 1. The third-order valence-corrected chi connectivity index (χ3v) is 7.43. The van der Waals surface area contributed by atoms with E-state index in [9.17, 15) is 24.3 Å². The lowest BCUT2D eigenvalue weighted by atomic mass is 10.1. The van der Waals surface area contributed by atoms with Crippen molar-refractivity contribution >= 4 is 63.5 Å². The highest BCUT2D eigenvalue weighted by Gasteiger charge is 2.37. The van der Waals surface area contributed by atoms with Gasteiger partial charge in [-0.1, -0.05) is 12.1 Å². The molecule has 0 bridgehead atoms. The number of ether oxygens (including phenoxy) is 3. The fourth-order valence-electron chi connectivity index (χ4n) is 3.86. The standard InChI is InChI=1S/C26H25IN2O8S/c1-2-36-20-12-17(11-19(27)23(20)37-15-16-4-3-5-18(10-16)25(32)33)13-21-24(31)29(26(34)38-21)14-22(30)28-6-8-35-9-7-28/h3-5,10-13H,2,6-9,14-15H2,1H3,(H,32,33)/b21-13+. The lowest BCUT2D eigenvalue weighted by molar-refractivity contribution is -0.139. The van der Waals surface area contributed by atoms with E-state index in [1.165, 1.54) is 6.07 Å². The van der Waals surface area contributed by atoms with Crippen molar-refractivity contribution in [1.29, 1.82) is 0 Å². The molecule has 0 saturated carbocycles. The minimum atomic E-state index is -1.02. The second-order valence-electron chi connectivity index (χ2n) is 8.32. The Morgan fingerprint density at radius 2 is 1.92 bits per heavy atom. The van der Waals surface area contributed by atoms with Crippen molar-refractivity contribution < 1.29 is 38.5 Å². The number of carbonyl (C=O) groups is 4. The first kappa shape index (κ1) is 27.9. The summed E-state index contributed by atoms with van der Waals surface area (Å²) >= 11 is 2.88. The van der Waals surface area contributed by atoms with E-state index in [4.69, 9.17) is 14.2 Å². The van der Waals surface area contributed by atoms with Crippen LogP contribution < -0.4 is 9.47 Å². The molecule has 2 saturated heterocycles. The summed E-state index contributed by atoms with van der Waals surface area (Å²) in [6, 6.07) is 9.98. The number of hydrogen-bond acceptors (Lipinski definition) is 8. The smallest absolute Gasteiger partial charge is 0.335 e. The molecular formula is C26H25IN2O8S. The summed E-state index contributed by atoms with van der Waals surface area (Å²) in [6.07, 6.45) is 1.59. The summed E-state index contributed by atoms with van der Waals surface area (Å²) in [5.74, 6) is -0.902. The molecule has 2 aliphatic heterocycles. The number of imide groups is 1. The van der Waals surface area contributed by atoms with Crippen LogP contribution in [0.5, 0.6) is 11.5 Å². The molecule has 2 heterocycles. The van der Waals surface area contributed by atoms with Crippen molar-refractivity contribution in [2.45, 2.75) is 13.5 Å². The number of morpholine rings is 1. The molecular weight excluding hydrogens is 627 g/mol. The average molecular weight is 652 g/mol. The largest absolute Gasteiger partial charge is 0.490 e. The van der Waals surface area contributed by atoms with Gasteiger partial charge in [0.1, 0.15) is 13.2 Å². The summed E-state index contributed by atoms with van der Waals surface area (Å²) in [5, 5.41) is 8.72.